The molecule has 2 aromatic heterocycles. The molecule has 7 rings (SSSR count). The summed E-state index contributed by atoms with van der Waals surface area (Å²) in [6.07, 6.45) is -7.19. The fraction of sp³-hybridized carbons (Fsp3) is 0.333. The van der Waals surface area contributed by atoms with Crippen LogP contribution >= 0.6 is 0 Å². The standard InChI is InChI=1S/C34H35FN6O4.C2HF3O2/c35-25-13-11-21(12-14-25)24-15-16-40(18-24)34-38-31(36-17-26(22-7-3-1-4-8-22)23-9-5-2-6-10-23)28-32(39-34)41(20-37-28)33-30(44)29(43)27(19-42)45-33;3-2(4,5)1(6)7/h1-14,20,24,26-27,29-30,33,42-44H,15-19H2,(H,36,38,39);(H,6,7)/t24-,27+,29+,30+,33+;/m0./s1. The first-order chi connectivity index (χ1) is 24.9. The number of ether oxygens (including phenoxy) is 1. The maximum Gasteiger partial charge on any atom is 0.490 e. The first-order valence-electron chi connectivity index (χ1n) is 16.5. The molecule has 4 heterocycles. The third-order valence-corrected chi connectivity index (χ3v) is 9.13. The highest BCUT2D eigenvalue weighted by atomic mass is 19.4. The van der Waals surface area contributed by atoms with Crippen molar-refractivity contribution >= 4 is 28.9 Å². The zero-order valence-corrected chi connectivity index (χ0v) is 27.5. The van der Waals surface area contributed by atoms with Crippen molar-refractivity contribution in [3.8, 4) is 0 Å². The van der Waals surface area contributed by atoms with E-state index < -0.39 is 43.3 Å². The quantitative estimate of drug-likeness (QED) is 0.136. The molecule has 2 saturated heterocycles. The van der Waals surface area contributed by atoms with Gasteiger partial charge in [0.15, 0.2) is 23.2 Å². The Morgan fingerprint density at radius 1 is 0.942 bits per heavy atom. The van der Waals surface area contributed by atoms with Crippen molar-refractivity contribution in [1.29, 1.82) is 0 Å². The molecule has 0 aliphatic carbocycles. The summed E-state index contributed by atoms with van der Waals surface area (Å²) in [5.74, 6) is -1.79. The van der Waals surface area contributed by atoms with Crippen LogP contribution < -0.4 is 10.2 Å². The fourth-order valence-electron chi connectivity index (χ4n) is 6.41. The number of aliphatic carboxylic acids is 1. The summed E-state index contributed by atoms with van der Waals surface area (Å²) < 4.78 is 52.8. The number of carboxylic acids is 1. The molecule has 5 N–H and O–H groups in total. The highest BCUT2D eigenvalue weighted by molar-refractivity contribution is 5.84. The van der Waals surface area contributed by atoms with Crippen molar-refractivity contribution in [2.24, 2.45) is 0 Å². The summed E-state index contributed by atoms with van der Waals surface area (Å²) >= 11 is 0. The van der Waals surface area contributed by atoms with E-state index in [1.165, 1.54) is 18.5 Å². The second-order valence-electron chi connectivity index (χ2n) is 12.5. The minimum absolute atomic E-state index is 0.0260. The van der Waals surface area contributed by atoms with Gasteiger partial charge in [0.25, 0.3) is 0 Å². The number of carbonyl (C=O) groups is 1. The summed E-state index contributed by atoms with van der Waals surface area (Å²) in [5.41, 5.74) is 4.29. The van der Waals surface area contributed by atoms with Crippen molar-refractivity contribution in [1.82, 2.24) is 19.5 Å². The zero-order valence-electron chi connectivity index (χ0n) is 27.5. The van der Waals surface area contributed by atoms with Gasteiger partial charge in [-0.1, -0.05) is 72.8 Å². The second kappa shape index (κ2) is 15.6. The van der Waals surface area contributed by atoms with E-state index in [9.17, 15) is 32.9 Å². The van der Waals surface area contributed by atoms with Crippen LogP contribution in [0.15, 0.2) is 91.3 Å². The van der Waals surface area contributed by atoms with E-state index >= 15 is 0 Å². The fourth-order valence-corrected chi connectivity index (χ4v) is 6.41. The van der Waals surface area contributed by atoms with E-state index in [4.69, 9.17) is 24.6 Å². The lowest BCUT2D eigenvalue weighted by molar-refractivity contribution is -0.192. The van der Waals surface area contributed by atoms with Crippen molar-refractivity contribution < 1.29 is 47.5 Å². The number of halogens is 4. The van der Waals surface area contributed by atoms with Crippen molar-refractivity contribution in [2.75, 3.05) is 36.5 Å². The summed E-state index contributed by atoms with van der Waals surface area (Å²) in [7, 11) is 0. The van der Waals surface area contributed by atoms with Crippen molar-refractivity contribution in [3.05, 3.63) is 114 Å². The lowest BCUT2D eigenvalue weighted by Gasteiger charge is -2.22. The molecule has 0 radical (unpaired) electrons. The topological polar surface area (TPSA) is 166 Å². The van der Waals surface area contributed by atoms with Gasteiger partial charge in [-0.15, -0.1) is 0 Å². The van der Waals surface area contributed by atoms with Gasteiger partial charge in [0.05, 0.1) is 12.9 Å². The molecule has 0 saturated carbocycles. The van der Waals surface area contributed by atoms with E-state index in [-0.39, 0.29) is 17.7 Å². The van der Waals surface area contributed by atoms with E-state index in [0.29, 0.717) is 42.6 Å². The smallest absolute Gasteiger partial charge is 0.475 e. The monoisotopic (exact) mass is 724 g/mol. The highest BCUT2D eigenvalue weighted by Gasteiger charge is 2.44. The van der Waals surface area contributed by atoms with Crippen LogP contribution in [0.1, 0.15) is 41.2 Å². The van der Waals surface area contributed by atoms with Crippen molar-refractivity contribution in [2.45, 2.75) is 49.0 Å². The van der Waals surface area contributed by atoms with Crippen LogP contribution in [-0.4, -0.2) is 96.6 Å². The van der Waals surface area contributed by atoms with Gasteiger partial charge in [-0.05, 0) is 35.2 Å². The van der Waals surface area contributed by atoms with Crippen LogP contribution in [0.5, 0.6) is 0 Å². The van der Waals surface area contributed by atoms with Crippen LogP contribution in [0.25, 0.3) is 11.2 Å². The predicted octanol–water partition coefficient (Wildman–Crippen LogP) is 4.45. The normalized spacial score (nSPS) is 21.7. The lowest BCUT2D eigenvalue weighted by atomic mass is 9.91. The Bertz CT molecular complexity index is 1910. The summed E-state index contributed by atoms with van der Waals surface area (Å²) in [4.78, 5) is 25.5. The van der Waals surface area contributed by atoms with Crippen LogP contribution in [0.3, 0.4) is 0 Å². The number of fused-ring (bicyclic) bond motifs is 1. The third-order valence-electron chi connectivity index (χ3n) is 9.13. The SMILES string of the molecule is O=C(O)C(F)(F)F.OC[C@H]1O[C@@H](n2cnc3c(NCC(c4ccccc4)c4ccccc4)nc(N4CC[C@H](c5ccc(F)cc5)C4)nc32)[C@H](O)[C@@H]1O. The second-order valence-corrected chi connectivity index (χ2v) is 12.5. The Balaban J connectivity index is 0.000000604. The van der Waals surface area contributed by atoms with Gasteiger partial charge in [0.2, 0.25) is 5.95 Å². The molecule has 5 aromatic rings. The zero-order chi connectivity index (χ0) is 37.0. The lowest BCUT2D eigenvalue weighted by Crippen LogP contribution is -2.33. The molecular formula is C36H36F4N6O6. The number of anilines is 2. The number of rotatable bonds is 9. The maximum atomic E-state index is 13.6. The number of carboxylic acid groups (broad SMARTS) is 1. The average molecular weight is 725 g/mol. The number of hydrogen-bond acceptors (Lipinski definition) is 10. The molecule has 2 aliphatic heterocycles. The number of alkyl halides is 3. The van der Waals surface area contributed by atoms with Gasteiger partial charge in [-0.2, -0.15) is 23.1 Å². The van der Waals surface area contributed by atoms with Gasteiger partial charge in [0, 0.05) is 31.5 Å². The summed E-state index contributed by atoms with van der Waals surface area (Å²) in [6.45, 7) is 1.44. The Kier molecular flexibility index (Phi) is 11.0. The number of aliphatic hydroxyl groups excluding tert-OH is 3. The predicted molar refractivity (Wildman–Crippen MR) is 181 cm³/mol. The number of aromatic nitrogens is 4. The van der Waals surface area contributed by atoms with Gasteiger partial charge in [0.1, 0.15) is 24.1 Å². The molecule has 5 atom stereocenters. The van der Waals surface area contributed by atoms with E-state index in [1.807, 2.05) is 48.5 Å². The first-order valence-corrected chi connectivity index (χ1v) is 16.5. The summed E-state index contributed by atoms with van der Waals surface area (Å²) in [5, 5.41) is 41.6. The summed E-state index contributed by atoms with van der Waals surface area (Å²) in [6, 6.07) is 27.2. The van der Waals surface area contributed by atoms with Crippen LogP contribution in [0.4, 0.5) is 29.3 Å². The molecule has 0 bridgehead atoms. The van der Waals surface area contributed by atoms with Gasteiger partial charge in [-0.25, -0.2) is 14.2 Å². The molecule has 0 spiro atoms. The van der Waals surface area contributed by atoms with E-state index in [0.717, 1.165) is 23.1 Å². The largest absolute Gasteiger partial charge is 0.490 e. The molecule has 0 unspecified atom stereocenters. The average Bonchev–Trinajstić information content (AvgIpc) is 3.87. The number of benzene rings is 3. The number of imidazole rings is 1. The number of nitrogens with zero attached hydrogens (tertiary/aromatic N) is 5. The third kappa shape index (κ3) is 7.99. The highest BCUT2D eigenvalue weighted by Crippen LogP contribution is 2.36. The molecule has 2 fully saturated rings. The number of hydrogen-bond donors (Lipinski definition) is 5. The molecule has 0 amide bonds. The van der Waals surface area contributed by atoms with Crippen molar-refractivity contribution in [3.63, 3.8) is 0 Å². The Hall–Kier alpha value is -5.16. The van der Waals surface area contributed by atoms with Gasteiger partial charge < -0.3 is 35.4 Å². The maximum absolute atomic E-state index is 13.6. The molecule has 3 aromatic carbocycles. The van der Waals surface area contributed by atoms with Gasteiger partial charge >= 0.3 is 12.1 Å². The minimum Gasteiger partial charge on any atom is -0.475 e. The first kappa shape index (κ1) is 36.6. The van der Waals surface area contributed by atoms with E-state index in [2.05, 4.69) is 39.5 Å². The molecule has 16 heteroatoms. The Labute approximate surface area is 295 Å². The van der Waals surface area contributed by atoms with Crippen LogP contribution in [-0.2, 0) is 9.53 Å². The Morgan fingerprint density at radius 3 is 2.12 bits per heavy atom. The van der Waals surface area contributed by atoms with Gasteiger partial charge in [-0.3, -0.25) is 4.57 Å². The molecule has 12 nitrogen and oxygen atoms in total. The molecule has 52 heavy (non-hydrogen) atoms. The number of nitrogens with one attached hydrogen (secondary N) is 1. The molecular weight excluding hydrogens is 688 g/mol. The number of aliphatic hydroxyl groups is 3. The Morgan fingerprint density at radius 2 is 1.56 bits per heavy atom. The van der Waals surface area contributed by atoms with E-state index in [1.54, 1.807) is 4.57 Å². The van der Waals surface area contributed by atoms with Crippen LogP contribution in [0.2, 0.25) is 0 Å². The molecule has 2 aliphatic rings. The van der Waals surface area contributed by atoms with Crippen LogP contribution in [0, 0.1) is 5.82 Å². The molecule has 274 valence electrons. The minimum atomic E-state index is -5.08.